The molecule has 0 radical (unpaired) electrons. The molecule has 0 fully saturated rings. The maximum Gasteiger partial charge on any atom is 0.333 e. The fraction of sp³-hybridized carbons (Fsp3) is 0.636. The molecular weight excluding hydrogens is 252 g/mol. The van der Waals surface area contributed by atoms with Gasteiger partial charge in [-0.05, 0) is 13.3 Å². The number of methoxy groups -OCH3 is 1. The Morgan fingerprint density at radius 1 is 1.58 bits per heavy atom. The Morgan fingerprint density at radius 2 is 2.26 bits per heavy atom. The SMILES string of the molecule is CCCn1nc(C)c([N+](=O)[O-])c1NCCC(=O)OC. The Morgan fingerprint density at radius 3 is 2.79 bits per heavy atom. The van der Waals surface area contributed by atoms with Gasteiger partial charge in [0.2, 0.25) is 5.82 Å². The largest absolute Gasteiger partial charge is 0.469 e. The van der Waals surface area contributed by atoms with Gasteiger partial charge in [0.25, 0.3) is 0 Å². The fourth-order valence-corrected chi connectivity index (χ4v) is 1.72. The molecule has 1 aromatic rings. The normalized spacial score (nSPS) is 10.3. The maximum absolute atomic E-state index is 11.0. The summed E-state index contributed by atoms with van der Waals surface area (Å²) in [6.45, 7) is 4.40. The highest BCUT2D eigenvalue weighted by atomic mass is 16.6. The second-order valence-electron chi connectivity index (χ2n) is 4.02. The van der Waals surface area contributed by atoms with Crippen molar-refractivity contribution in [2.75, 3.05) is 19.0 Å². The minimum atomic E-state index is -0.463. The minimum absolute atomic E-state index is 0.0432. The lowest BCUT2D eigenvalue weighted by atomic mass is 10.3. The van der Waals surface area contributed by atoms with E-state index in [1.54, 1.807) is 11.6 Å². The molecule has 0 atom stereocenters. The topological polar surface area (TPSA) is 99.3 Å². The number of ether oxygens (including phenoxy) is 1. The zero-order valence-corrected chi connectivity index (χ0v) is 11.3. The van der Waals surface area contributed by atoms with Gasteiger partial charge in [0, 0.05) is 13.1 Å². The fourth-order valence-electron chi connectivity index (χ4n) is 1.72. The lowest BCUT2D eigenvalue weighted by molar-refractivity contribution is -0.384. The summed E-state index contributed by atoms with van der Waals surface area (Å²) in [7, 11) is 1.30. The van der Waals surface area contributed by atoms with E-state index in [4.69, 9.17) is 0 Å². The van der Waals surface area contributed by atoms with E-state index in [2.05, 4.69) is 15.2 Å². The van der Waals surface area contributed by atoms with Gasteiger partial charge < -0.3 is 10.1 Å². The van der Waals surface area contributed by atoms with E-state index in [1.807, 2.05) is 6.92 Å². The molecule has 0 saturated carbocycles. The molecule has 0 aromatic carbocycles. The Labute approximate surface area is 110 Å². The number of nitrogens with zero attached hydrogens (tertiary/aromatic N) is 3. The first-order valence-electron chi connectivity index (χ1n) is 6.03. The van der Waals surface area contributed by atoms with Crippen molar-refractivity contribution in [3.63, 3.8) is 0 Å². The molecule has 1 heterocycles. The van der Waals surface area contributed by atoms with Gasteiger partial charge in [-0.2, -0.15) is 5.10 Å². The molecule has 0 unspecified atom stereocenters. The molecule has 0 aliphatic rings. The summed E-state index contributed by atoms with van der Waals surface area (Å²) >= 11 is 0. The molecular formula is C11H18N4O4. The van der Waals surface area contributed by atoms with Crippen LogP contribution in [0.15, 0.2) is 0 Å². The van der Waals surface area contributed by atoms with Crippen LogP contribution >= 0.6 is 0 Å². The number of carbonyl (C=O) groups is 1. The highest BCUT2D eigenvalue weighted by Crippen LogP contribution is 2.28. The molecule has 8 heteroatoms. The third-order valence-electron chi connectivity index (χ3n) is 2.56. The number of hydrogen-bond acceptors (Lipinski definition) is 6. The van der Waals surface area contributed by atoms with Crippen LogP contribution in [-0.2, 0) is 16.1 Å². The minimum Gasteiger partial charge on any atom is -0.469 e. The lowest BCUT2D eigenvalue weighted by Gasteiger charge is -2.07. The molecule has 0 bridgehead atoms. The van der Waals surface area contributed by atoms with Gasteiger partial charge in [0.15, 0.2) is 0 Å². The zero-order valence-electron chi connectivity index (χ0n) is 11.3. The molecule has 19 heavy (non-hydrogen) atoms. The van der Waals surface area contributed by atoms with Crippen molar-refractivity contribution in [3.8, 4) is 0 Å². The molecule has 0 spiro atoms. The summed E-state index contributed by atoms with van der Waals surface area (Å²) in [6, 6.07) is 0. The summed E-state index contributed by atoms with van der Waals surface area (Å²) in [5, 5.41) is 18.1. The van der Waals surface area contributed by atoms with E-state index < -0.39 is 4.92 Å². The van der Waals surface area contributed by atoms with E-state index in [9.17, 15) is 14.9 Å². The standard InChI is InChI=1S/C11H18N4O4/c1-4-7-14-11(12-6-5-9(16)19-3)10(15(17)18)8(2)13-14/h12H,4-7H2,1-3H3. The van der Waals surface area contributed by atoms with Crippen molar-refractivity contribution in [2.24, 2.45) is 0 Å². The number of anilines is 1. The third-order valence-corrected chi connectivity index (χ3v) is 2.56. The van der Waals surface area contributed by atoms with Gasteiger partial charge >= 0.3 is 11.7 Å². The van der Waals surface area contributed by atoms with Gasteiger partial charge in [0.1, 0.15) is 5.69 Å². The number of nitro groups is 1. The van der Waals surface area contributed by atoms with Gasteiger partial charge in [0.05, 0.1) is 18.5 Å². The van der Waals surface area contributed by atoms with Crippen LogP contribution in [0.4, 0.5) is 11.5 Å². The summed E-state index contributed by atoms with van der Waals surface area (Å²) in [5.41, 5.74) is 0.317. The first kappa shape index (κ1) is 14.9. The third kappa shape index (κ3) is 3.67. The van der Waals surface area contributed by atoms with Crippen LogP contribution in [0.3, 0.4) is 0 Å². The van der Waals surface area contributed by atoms with Crippen molar-refractivity contribution >= 4 is 17.5 Å². The molecule has 1 aromatic heterocycles. The van der Waals surface area contributed by atoms with E-state index in [0.717, 1.165) is 6.42 Å². The van der Waals surface area contributed by atoms with Crippen molar-refractivity contribution in [2.45, 2.75) is 33.2 Å². The highest BCUT2D eigenvalue weighted by Gasteiger charge is 2.24. The number of esters is 1. The molecule has 0 saturated heterocycles. The van der Waals surface area contributed by atoms with Crippen molar-refractivity contribution < 1.29 is 14.5 Å². The Bertz CT molecular complexity index is 470. The first-order chi connectivity index (χ1) is 9.01. The molecule has 8 nitrogen and oxygen atoms in total. The number of nitrogens with one attached hydrogen (secondary N) is 1. The van der Waals surface area contributed by atoms with E-state index in [0.29, 0.717) is 18.1 Å². The molecule has 0 aliphatic heterocycles. The molecule has 1 N–H and O–H groups in total. The van der Waals surface area contributed by atoms with E-state index in [1.165, 1.54) is 7.11 Å². The second-order valence-corrected chi connectivity index (χ2v) is 4.02. The second kappa shape index (κ2) is 6.72. The van der Waals surface area contributed by atoms with Crippen LogP contribution in [0.5, 0.6) is 0 Å². The van der Waals surface area contributed by atoms with Crippen LogP contribution in [-0.4, -0.2) is 34.3 Å². The summed E-state index contributed by atoms with van der Waals surface area (Å²) < 4.78 is 6.07. The maximum atomic E-state index is 11.0. The summed E-state index contributed by atoms with van der Waals surface area (Å²) in [4.78, 5) is 21.6. The van der Waals surface area contributed by atoms with Crippen LogP contribution < -0.4 is 5.32 Å². The average Bonchev–Trinajstić information content (AvgIpc) is 2.66. The van der Waals surface area contributed by atoms with Crippen LogP contribution in [0.1, 0.15) is 25.5 Å². The Balaban J connectivity index is 2.88. The Kier molecular flexibility index (Phi) is 5.28. The monoisotopic (exact) mass is 270 g/mol. The first-order valence-corrected chi connectivity index (χ1v) is 6.03. The number of aromatic nitrogens is 2. The predicted octanol–water partition coefficient (Wildman–Crippen LogP) is 1.48. The van der Waals surface area contributed by atoms with Crippen molar-refractivity contribution in [1.29, 1.82) is 0 Å². The molecule has 0 amide bonds. The molecule has 1 rings (SSSR count). The predicted molar refractivity (Wildman–Crippen MR) is 69.0 cm³/mol. The molecule has 0 aliphatic carbocycles. The smallest absolute Gasteiger partial charge is 0.333 e. The van der Waals surface area contributed by atoms with Gasteiger partial charge in [-0.15, -0.1) is 0 Å². The average molecular weight is 270 g/mol. The quantitative estimate of drug-likeness (QED) is 0.457. The highest BCUT2D eigenvalue weighted by molar-refractivity contribution is 5.70. The summed E-state index contributed by atoms with van der Waals surface area (Å²) in [5.74, 6) is -0.0262. The Hall–Kier alpha value is -2.12. The van der Waals surface area contributed by atoms with Crippen molar-refractivity contribution in [3.05, 3.63) is 15.8 Å². The van der Waals surface area contributed by atoms with E-state index >= 15 is 0 Å². The lowest BCUT2D eigenvalue weighted by Crippen LogP contribution is -2.14. The van der Waals surface area contributed by atoms with Crippen LogP contribution in [0, 0.1) is 17.0 Å². The number of aryl methyl sites for hydroxylation is 2. The van der Waals surface area contributed by atoms with Crippen LogP contribution in [0.2, 0.25) is 0 Å². The molecule has 106 valence electrons. The van der Waals surface area contributed by atoms with Crippen LogP contribution in [0.25, 0.3) is 0 Å². The summed E-state index contributed by atoms with van der Waals surface area (Å²) in [6.07, 6.45) is 0.952. The number of carbonyl (C=O) groups excluding carboxylic acids is 1. The van der Waals surface area contributed by atoms with E-state index in [-0.39, 0.29) is 24.6 Å². The van der Waals surface area contributed by atoms with Gasteiger partial charge in [-0.3, -0.25) is 14.9 Å². The number of rotatable bonds is 7. The van der Waals surface area contributed by atoms with Gasteiger partial charge in [-0.25, -0.2) is 4.68 Å². The number of hydrogen-bond donors (Lipinski definition) is 1. The van der Waals surface area contributed by atoms with Gasteiger partial charge in [-0.1, -0.05) is 6.92 Å². The van der Waals surface area contributed by atoms with Crippen molar-refractivity contribution in [1.82, 2.24) is 9.78 Å². The zero-order chi connectivity index (χ0) is 14.4.